The number of piperidine rings is 1. The number of aliphatic hydroxyl groups excluding tert-OH is 1. The molecule has 1 heterocycles. The molecule has 0 saturated carbocycles. The Morgan fingerprint density at radius 3 is 2.29 bits per heavy atom. The van der Waals surface area contributed by atoms with Crippen molar-refractivity contribution in [3.8, 4) is 0 Å². The van der Waals surface area contributed by atoms with Crippen LogP contribution in [-0.4, -0.2) is 49.5 Å². The maximum Gasteiger partial charge on any atom is 0.0698 e. The lowest BCUT2D eigenvalue weighted by Gasteiger charge is -2.25. The quantitative estimate of drug-likeness (QED) is 0.687. The van der Waals surface area contributed by atoms with Crippen LogP contribution in [0.15, 0.2) is 0 Å². The van der Waals surface area contributed by atoms with Gasteiger partial charge in [0, 0.05) is 6.54 Å². The van der Waals surface area contributed by atoms with E-state index >= 15 is 0 Å². The predicted molar refractivity (Wildman–Crippen MR) is 59.5 cm³/mol. The van der Waals surface area contributed by atoms with Gasteiger partial charge < -0.3 is 14.7 Å². The summed E-state index contributed by atoms with van der Waals surface area (Å²) in [5.74, 6) is 0. The lowest BCUT2D eigenvalue weighted by atomic mass is 10.1. The third-order valence-electron chi connectivity index (χ3n) is 2.24. The van der Waals surface area contributed by atoms with Crippen LogP contribution >= 0.6 is 0 Å². The van der Waals surface area contributed by atoms with Crippen molar-refractivity contribution in [2.45, 2.75) is 33.1 Å². The first-order valence-electron chi connectivity index (χ1n) is 5.84. The molecule has 0 unspecified atom stereocenters. The largest absolute Gasteiger partial charge is 0.394 e. The van der Waals surface area contributed by atoms with Gasteiger partial charge in [-0.1, -0.05) is 20.3 Å². The third-order valence-corrected chi connectivity index (χ3v) is 2.24. The molecule has 0 aliphatic carbocycles. The molecule has 0 aromatic carbocycles. The fourth-order valence-corrected chi connectivity index (χ4v) is 1.54. The van der Waals surface area contributed by atoms with Crippen molar-refractivity contribution in [1.29, 1.82) is 0 Å². The molecule has 1 aliphatic rings. The summed E-state index contributed by atoms with van der Waals surface area (Å²) in [6, 6.07) is 0. The molecule has 0 spiro atoms. The van der Waals surface area contributed by atoms with E-state index in [9.17, 15) is 0 Å². The number of hydrogen-bond acceptors (Lipinski definition) is 3. The summed E-state index contributed by atoms with van der Waals surface area (Å²) in [7, 11) is 0. The lowest BCUT2D eigenvalue weighted by Crippen LogP contribution is -2.32. The molecule has 86 valence electrons. The Labute approximate surface area is 88.1 Å². The highest BCUT2D eigenvalue weighted by Crippen LogP contribution is 2.07. The summed E-state index contributed by atoms with van der Waals surface area (Å²) in [6.07, 6.45) is 4.05. The Morgan fingerprint density at radius 2 is 1.71 bits per heavy atom. The molecule has 0 atom stereocenters. The number of likely N-dealkylation sites (tertiary alicyclic amines) is 1. The molecule has 14 heavy (non-hydrogen) atoms. The predicted octanol–water partition coefficient (Wildman–Crippen LogP) is 1.51. The van der Waals surface area contributed by atoms with Gasteiger partial charge in [0.25, 0.3) is 0 Å². The smallest absolute Gasteiger partial charge is 0.0698 e. The van der Waals surface area contributed by atoms with E-state index in [0.717, 1.165) is 13.2 Å². The Bertz CT molecular complexity index is 103. The number of aliphatic hydroxyl groups is 1. The number of ether oxygens (including phenoxy) is 1. The average Bonchev–Trinajstić information content (AvgIpc) is 2.29. The maximum atomic E-state index is 8.46. The van der Waals surface area contributed by atoms with E-state index in [1.54, 1.807) is 0 Å². The molecule has 1 aliphatic heterocycles. The SMILES string of the molecule is CC.OCCOCCN1CCCCC1. The van der Waals surface area contributed by atoms with Gasteiger partial charge in [0.2, 0.25) is 0 Å². The Kier molecular flexibility index (Phi) is 10.9. The third kappa shape index (κ3) is 7.30. The van der Waals surface area contributed by atoms with Crippen LogP contribution in [0.1, 0.15) is 33.1 Å². The van der Waals surface area contributed by atoms with Crippen molar-refractivity contribution >= 4 is 0 Å². The van der Waals surface area contributed by atoms with Gasteiger partial charge in [-0.2, -0.15) is 0 Å². The molecular formula is C11H25NO2. The standard InChI is InChI=1S/C9H19NO2.C2H6/c11-7-9-12-8-6-10-4-2-1-3-5-10;1-2/h11H,1-9H2;1-2H3. The van der Waals surface area contributed by atoms with E-state index in [2.05, 4.69) is 4.90 Å². The van der Waals surface area contributed by atoms with Crippen LogP contribution in [0.3, 0.4) is 0 Å². The molecule has 0 radical (unpaired) electrons. The Balaban J connectivity index is 0.000000791. The van der Waals surface area contributed by atoms with Crippen LogP contribution in [0.5, 0.6) is 0 Å². The van der Waals surface area contributed by atoms with E-state index in [1.807, 2.05) is 13.8 Å². The summed E-state index contributed by atoms with van der Waals surface area (Å²) < 4.78 is 5.19. The van der Waals surface area contributed by atoms with Crippen LogP contribution in [0.4, 0.5) is 0 Å². The molecule has 3 nitrogen and oxygen atoms in total. The van der Waals surface area contributed by atoms with Gasteiger partial charge in [-0.15, -0.1) is 0 Å². The average molecular weight is 203 g/mol. The van der Waals surface area contributed by atoms with Crippen molar-refractivity contribution in [2.75, 3.05) is 39.5 Å². The Hall–Kier alpha value is -0.120. The zero-order chi connectivity index (χ0) is 10.6. The highest BCUT2D eigenvalue weighted by Gasteiger charge is 2.08. The zero-order valence-electron chi connectivity index (χ0n) is 9.67. The highest BCUT2D eigenvalue weighted by molar-refractivity contribution is 4.63. The molecule has 1 N–H and O–H groups in total. The molecule has 1 rings (SSSR count). The summed E-state index contributed by atoms with van der Waals surface area (Å²) in [6.45, 7) is 8.86. The zero-order valence-corrected chi connectivity index (χ0v) is 9.67. The summed E-state index contributed by atoms with van der Waals surface area (Å²) in [4.78, 5) is 2.43. The lowest BCUT2D eigenvalue weighted by molar-refractivity contribution is 0.0695. The van der Waals surface area contributed by atoms with E-state index in [0.29, 0.717) is 6.61 Å². The fourth-order valence-electron chi connectivity index (χ4n) is 1.54. The number of hydrogen-bond donors (Lipinski definition) is 1. The maximum absolute atomic E-state index is 8.46. The molecular weight excluding hydrogens is 178 g/mol. The van der Waals surface area contributed by atoms with E-state index in [-0.39, 0.29) is 6.61 Å². The van der Waals surface area contributed by atoms with Gasteiger partial charge in [-0.05, 0) is 25.9 Å². The molecule has 1 fully saturated rings. The first-order chi connectivity index (χ1) is 6.93. The summed E-state index contributed by atoms with van der Waals surface area (Å²) >= 11 is 0. The van der Waals surface area contributed by atoms with Crippen molar-refractivity contribution in [2.24, 2.45) is 0 Å². The van der Waals surface area contributed by atoms with Gasteiger partial charge in [-0.3, -0.25) is 0 Å². The summed E-state index contributed by atoms with van der Waals surface area (Å²) in [5.41, 5.74) is 0. The second-order valence-electron chi connectivity index (χ2n) is 3.24. The van der Waals surface area contributed by atoms with Gasteiger partial charge in [0.1, 0.15) is 0 Å². The number of rotatable bonds is 5. The van der Waals surface area contributed by atoms with Gasteiger partial charge in [-0.25, -0.2) is 0 Å². The van der Waals surface area contributed by atoms with E-state index in [1.165, 1.54) is 32.4 Å². The minimum absolute atomic E-state index is 0.139. The van der Waals surface area contributed by atoms with Gasteiger partial charge >= 0.3 is 0 Å². The molecule has 0 bridgehead atoms. The van der Waals surface area contributed by atoms with Crippen LogP contribution < -0.4 is 0 Å². The molecule has 0 aromatic heterocycles. The highest BCUT2D eigenvalue weighted by atomic mass is 16.5. The van der Waals surface area contributed by atoms with E-state index in [4.69, 9.17) is 9.84 Å². The second-order valence-corrected chi connectivity index (χ2v) is 3.24. The molecule has 0 aromatic rings. The molecule has 3 heteroatoms. The molecule has 0 amide bonds. The minimum atomic E-state index is 0.139. The van der Waals surface area contributed by atoms with Crippen molar-refractivity contribution in [1.82, 2.24) is 4.90 Å². The van der Waals surface area contributed by atoms with Crippen molar-refractivity contribution < 1.29 is 9.84 Å². The van der Waals surface area contributed by atoms with Crippen LogP contribution in [-0.2, 0) is 4.74 Å². The first-order valence-corrected chi connectivity index (χ1v) is 5.84. The second kappa shape index (κ2) is 11.0. The first kappa shape index (κ1) is 13.9. The van der Waals surface area contributed by atoms with Crippen molar-refractivity contribution in [3.05, 3.63) is 0 Å². The van der Waals surface area contributed by atoms with Crippen LogP contribution in [0.2, 0.25) is 0 Å². The van der Waals surface area contributed by atoms with Crippen LogP contribution in [0, 0.1) is 0 Å². The van der Waals surface area contributed by atoms with Gasteiger partial charge in [0.05, 0.1) is 19.8 Å². The topological polar surface area (TPSA) is 32.7 Å². The normalized spacial score (nSPS) is 17.4. The molecule has 1 saturated heterocycles. The van der Waals surface area contributed by atoms with Crippen molar-refractivity contribution in [3.63, 3.8) is 0 Å². The van der Waals surface area contributed by atoms with E-state index < -0.39 is 0 Å². The van der Waals surface area contributed by atoms with Gasteiger partial charge in [0.15, 0.2) is 0 Å². The summed E-state index contributed by atoms with van der Waals surface area (Å²) in [5, 5.41) is 8.46. The van der Waals surface area contributed by atoms with Crippen LogP contribution in [0.25, 0.3) is 0 Å². The monoisotopic (exact) mass is 203 g/mol. The fraction of sp³-hybridized carbons (Fsp3) is 1.00. The Morgan fingerprint density at radius 1 is 1.07 bits per heavy atom. The number of nitrogens with zero attached hydrogens (tertiary/aromatic N) is 1. The minimum Gasteiger partial charge on any atom is -0.394 e.